The van der Waals surface area contributed by atoms with E-state index in [0.29, 0.717) is 0 Å². The van der Waals surface area contributed by atoms with Gasteiger partial charge in [0.25, 0.3) is 0 Å². The molecule has 5 heterocycles. The molecule has 0 aromatic heterocycles. The van der Waals surface area contributed by atoms with Gasteiger partial charge in [-0.15, -0.1) is 0 Å². The Bertz CT molecular complexity index is 1110. The molecule has 52 heavy (non-hydrogen) atoms. The molecule has 0 amide bonds. The third kappa shape index (κ3) is 8.55. The Labute approximate surface area is 293 Å². The van der Waals surface area contributed by atoms with Crippen molar-refractivity contribution in [1.82, 2.24) is 0 Å². The Morgan fingerprint density at radius 1 is 0.404 bits per heavy atom. The third-order valence-electron chi connectivity index (χ3n) is 9.56. The minimum absolute atomic E-state index is 0.526. The molecule has 5 aliphatic rings. The molecule has 5 fully saturated rings. The quantitative estimate of drug-likeness (QED) is 0.0876. The fraction of sp³-hybridized carbons (Fsp3) is 1.00. The van der Waals surface area contributed by atoms with E-state index < -0.39 is 174 Å². The standard InChI is InChI=1S/C28H48O24/c29-1-7-12(34)14(36)19(41)26(47-7)51-22-10(49-27(20(42)16(22)38)50-21-9(3-31)46-24(43)17(39)15(21)37)5-45-28-23(11(33)6(32)4-44-28)52-25-18(40)13(35)8(2-30)48-25/h6-43H,1-5H2/t6-,7-,8+,9-,10-,11+,12-,13+,14+,15-,16-,17-,18-,19-,20-,21-,22-,23-,24?,25+,26+,27+,28-/m1/s1. The minimum Gasteiger partial charge on any atom is -0.394 e. The van der Waals surface area contributed by atoms with E-state index in [-0.39, 0.29) is 0 Å². The van der Waals surface area contributed by atoms with E-state index >= 15 is 0 Å². The molecule has 5 aliphatic heterocycles. The highest BCUT2D eigenvalue weighted by Gasteiger charge is 2.55. The van der Waals surface area contributed by atoms with Crippen LogP contribution in [0.25, 0.3) is 0 Å². The van der Waals surface area contributed by atoms with E-state index in [1.807, 2.05) is 0 Å². The van der Waals surface area contributed by atoms with Crippen molar-refractivity contribution in [2.24, 2.45) is 0 Å². The first-order valence-corrected chi connectivity index (χ1v) is 16.4. The molecular formula is C28H48O24. The Kier molecular flexibility index (Phi) is 14.5. The Balaban J connectivity index is 1.37. The Morgan fingerprint density at radius 2 is 0.846 bits per heavy atom. The summed E-state index contributed by atoms with van der Waals surface area (Å²) < 4.78 is 49.7. The Hall–Kier alpha value is -0.960. The highest BCUT2D eigenvalue weighted by molar-refractivity contribution is 4.97. The van der Waals surface area contributed by atoms with Crippen molar-refractivity contribution in [2.45, 2.75) is 141 Å². The van der Waals surface area contributed by atoms with E-state index in [2.05, 4.69) is 0 Å². The van der Waals surface area contributed by atoms with Crippen molar-refractivity contribution in [1.29, 1.82) is 0 Å². The van der Waals surface area contributed by atoms with E-state index in [4.69, 9.17) is 42.6 Å². The lowest BCUT2D eigenvalue weighted by molar-refractivity contribution is -0.383. The average Bonchev–Trinajstić information content (AvgIpc) is 3.40. The maximum atomic E-state index is 11.3. The lowest BCUT2D eigenvalue weighted by atomic mass is 9.96. The molecule has 24 heteroatoms. The van der Waals surface area contributed by atoms with Gasteiger partial charge in [0.1, 0.15) is 110 Å². The second kappa shape index (κ2) is 17.9. The van der Waals surface area contributed by atoms with Crippen LogP contribution in [-0.2, 0) is 42.6 Å². The molecule has 23 atom stereocenters. The van der Waals surface area contributed by atoms with E-state index in [9.17, 15) is 76.6 Å². The molecule has 5 rings (SSSR count). The molecular weight excluding hydrogens is 720 g/mol. The van der Waals surface area contributed by atoms with Gasteiger partial charge in [-0.2, -0.15) is 0 Å². The molecule has 0 aromatic rings. The summed E-state index contributed by atoms with van der Waals surface area (Å²) in [5.41, 5.74) is 0. The second-order valence-electron chi connectivity index (χ2n) is 13.1. The van der Waals surface area contributed by atoms with Crippen LogP contribution in [-0.4, -0.2) is 251 Å². The lowest BCUT2D eigenvalue weighted by Gasteiger charge is -2.48. The molecule has 0 bridgehead atoms. The van der Waals surface area contributed by atoms with Gasteiger partial charge < -0.3 is 119 Å². The first-order chi connectivity index (χ1) is 24.6. The van der Waals surface area contributed by atoms with Crippen LogP contribution in [0, 0.1) is 0 Å². The van der Waals surface area contributed by atoms with Crippen LogP contribution in [0.5, 0.6) is 0 Å². The molecule has 0 radical (unpaired) electrons. The minimum atomic E-state index is -2.09. The van der Waals surface area contributed by atoms with Crippen LogP contribution >= 0.6 is 0 Å². The average molecular weight is 769 g/mol. The van der Waals surface area contributed by atoms with Gasteiger partial charge in [0.2, 0.25) is 0 Å². The number of rotatable bonds is 12. The molecule has 1 unspecified atom stereocenters. The number of aliphatic hydroxyl groups is 15. The topological polar surface area (TPSA) is 387 Å². The Morgan fingerprint density at radius 3 is 1.40 bits per heavy atom. The van der Waals surface area contributed by atoms with Crippen molar-refractivity contribution in [3.63, 3.8) is 0 Å². The molecule has 24 nitrogen and oxygen atoms in total. The zero-order chi connectivity index (χ0) is 38.2. The van der Waals surface area contributed by atoms with Gasteiger partial charge in [0, 0.05) is 0 Å². The van der Waals surface area contributed by atoms with Crippen molar-refractivity contribution in [3.8, 4) is 0 Å². The number of ether oxygens (including phenoxy) is 9. The zero-order valence-corrected chi connectivity index (χ0v) is 27.2. The molecule has 15 N–H and O–H groups in total. The van der Waals surface area contributed by atoms with Crippen LogP contribution in [0.3, 0.4) is 0 Å². The van der Waals surface area contributed by atoms with Crippen LogP contribution < -0.4 is 0 Å². The molecule has 0 aliphatic carbocycles. The summed E-state index contributed by atoms with van der Waals surface area (Å²) in [5, 5.41) is 154. The summed E-state index contributed by atoms with van der Waals surface area (Å²) in [6.45, 7) is -3.72. The fourth-order valence-electron chi connectivity index (χ4n) is 6.42. The smallest absolute Gasteiger partial charge is 0.187 e. The van der Waals surface area contributed by atoms with Gasteiger partial charge in [-0.05, 0) is 0 Å². The van der Waals surface area contributed by atoms with Crippen molar-refractivity contribution >= 4 is 0 Å². The zero-order valence-electron chi connectivity index (χ0n) is 27.2. The molecule has 5 saturated heterocycles. The van der Waals surface area contributed by atoms with E-state index in [1.165, 1.54) is 0 Å². The number of hydrogen-bond acceptors (Lipinski definition) is 24. The number of aliphatic hydroxyl groups excluding tert-OH is 15. The van der Waals surface area contributed by atoms with Crippen molar-refractivity contribution < 1.29 is 119 Å². The maximum absolute atomic E-state index is 11.3. The molecule has 0 saturated carbocycles. The predicted octanol–water partition coefficient (Wildman–Crippen LogP) is -10.6. The summed E-state index contributed by atoms with van der Waals surface area (Å²) in [6, 6.07) is 0. The summed E-state index contributed by atoms with van der Waals surface area (Å²) in [5.74, 6) is 0. The van der Waals surface area contributed by atoms with E-state index in [0.717, 1.165) is 0 Å². The van der Waals surface area contributed by atoms with Crippen LogP contribution in [0.4, 0.5) is 0 Å². The monoisotopic (exact) mass is 768 g/mol. The summed E-state index contributed by atoms with van der Waals surface area (Å²) in [4.78, 5) is 0. The summed E-state index contributed by atoms with van der Waals surface area (Å²) in [7, 11) is 0. The molecule has 0 aromatic carbocycles. The van der Waals surface area contributed by atoms with Gasteiger partial charge in [-0.25, -0.2) is 0 Å². The van der Waals surface area contributed by atoms with Crippen LogP contribution in [0.2, 0.25) is 0 Å². The van der Waals surface area contributed by atoms with Gasteiger partial charge >= 0.3 is 0 Å². The lowest BCUT2D eigenvalue weighted by Crippen LogP contribution is -2.67. The van der Waals surface area contributed by atoms with Crippen LogP contribution in [0.1, 0.15) is 0 Å². The summed E-state index contributed by atoms with van der Waals surface area (Å²) >= 11 is 0. The SMILES string of the molecule is OC[C@@H]1O[C@@H](O[C@H]2[C@@H](OC[C@H]3O[C@@H](O[C@H]4[C@H](O)[C@@H](O)C(O)O[C@@H]4CO)[C@H](O)[C@@H](O)[C@@H]3O[C@@H]3O[C@H](CO)[C@@H](O)[C@H](O)[C@H]3O)OC[C@@H](O)[C@@H]2O)[C@H](O)[C@H]1O. The van der Waals surface area contributed by atoms with Gasteiger partial charge in [-0.3, -0.25) is 0 Å². The predicted molar refractivity (Wildman–Crippen MR) is 155 cm³/mol. The normalized spacial score (nSPS) is 53.2. The van der Waals surface area contributed by atoms with Crippen molar-refractivity contribution in [3.05, 3.63) is 0 Å². The second-order valence-corrected chi connectivity index (χ2v) is 13.1. The summed E-state index contributed by atoms with van der Waals surface area (Å²) in [6.07, 6.45) is -40.5. The molecule has 304 valence electrons. The van der Waals surface area contributed by atoms with E-state index in [1.54, 1.807) is 0 Å². The number of hydrogen-bond donors (Lipinski definition) is 15. The molecule has 0 spiro atoms. The van der Waals surface area contributed by atoms with Gasteiger partial charge in [-0.1, -0.05) is 0 Å². The van der Waals surface area contributed by atoms with Gasteiger partial charge in [0.05, 0.1) is 33.0 Å². The van der Waals surface area contributed by atoms with Crippen molar-refractivity contribution in [2.75, 3.05) is 33.0 Å². The van der Waals surface area contributed by atoms with Gasteiger partial charge in [0.15, 0.2) is 31.5 Å². The van der Waals surface area contributed by atoms with Crippen LogP contribution in [0.15, 0.2) is 0 Å². The first kappa shape index (κ1) is 42.2. The maximum Gasteiger partial charge on any atom is 0.187 e. The fourth-order valence-corrected chi connectivity index (χ4v) is 6.42. The first-order valence-electron chi connectivity index (χ1n) is 16.4. The largest absolute Gasteiger partial charge is 0.394 e. The highest BCUT2D eigenvalue weighted by atomic mass is 16.8. The third-order valence-corrected chi connectivity index (χ3v) is 9.56. The highest BCUT2D eigenvalue weighted by Crippen LogP contribution is 2.34.